The van der Waals surface area contributed by atoms with Crippen LogP contribution in [0.15, 0.2) is 17.1 Å². The monoisotopic (exact) mass is 268 g/mol. The second kappa shape index (κ2) is 7.71. The van der Waals surface area contributed by atoms with E-state index in [-0.39, 0.29) is 12.5 Å². The molecule has 1 amide bonds. The average Bonchev–Trinajstić information content (AvgIpc) is 2.86. The van der Waals surface area contributed by atoms with Crippen molar-refractivity contribution in [1.82, 2.24) is 16.0 Å². The number of guanidine groups is 1. The Morgan fingerprint density at radius 3 is 2.61 bits per heavy atom. The number of hydrogen-bond donors (Lipinski definition) is 3. The van der Waals surface area contributed by atoms with Crippen molar-refractivity contribution in [2.75, 3.05) is 20.6 Å². The van der Waals surface area contributed by atoms with Crippen LogP contribution in [0.4, 0.5) is 0 Å². The van der Waals surface area contributed by atoms with Gasteiger partial charge in [-0.3, -0.25) is 9.79 Å². The molecule has 0 atom stereocenters. The van der Waals surface area contributed by atoms with Crippen molar-refractivity contribution in [2.24, 2.45) is 4.99 Å². The van der Waals surface area contributed by atoms with Crippen LogP contribution >= 0.6 is 11.3 Å². The molecule has 18 heavy (non-hydrogen) atoms. The topological polar surface area (TPSA) is 65.5 Å². The van der Waals surface area contributed by atoms with E-state index in [0.717, 1.165) is 13.0 Å². The van der Waals surface area contributed by atoms with Crippen LogP contribution in [0.5, 0.6) is 0 Å². The lowest BCUT2D eigenvalue weighted by molar-refractivity contribution is -0.119. The molecular formula is C12H20N4OS. The lowest BCUT2D eigenvalue weighted by Gasteiger charge is -2.10. The standard InChI is InChI=1S/C12H20N4OS/c1-4-9-5-6-10(18-9)7-15-12(14-3)16-8-11(17)13-2/h5-6H,4,7-8H2,1-3H3,(H,13,17)(H2,14,15,16). The molecule has 1 rings (SSSR count). The Labute approximate surface area is 112 Å². The molecule has 0 aliphatic carbocycles. The number of aryl methyl sites for hydroxylation is 1. The third-order valence-electron chi connectivity index (χ3n) is 2.41. The highest BCUT2D eigenvalue weighted by atomic mass is 32.1. The maximum absolute atomic E-state index is 11.1. The predicted molar refractivity (Wildman–Crippen MR) is 76.0 cm³/mol. The number of amides is 1. The van der Waals surface area contributed by atoms with Crippen molar-refractivity contribution < 1.29 is 4.79 Å². The Morgan fingerprint density at radius 2 is 2.06 bits per heavy atom. The Hall–Kier alpha value is -1.56. The molecule has 0 aromatic carbocycles. The summed E-state index contributed by atoms with van der Waals surface area (Å²) in [5.41, 5.74) is 0. The van der Waals surface area contributed by atoms with Crippen LogP contribution in [-0.4, -0.2) is 32.5 Å². The largest absolute Gasteiger partial charge is 0.358 e. The van der Waals surface area contributed by atoms with Crippen LogP contribution in [-0.2, 0) is 17.8 Å². The third kappa shape index (κ3) is 4.75. The maximum Gasteiger partial charge on any atom is 0.239 e. The Morgan fingerprint density at radius 1 is 1.33 bits per heavy atom. The highest BCUT2D eigenvalue weighted by Gasteiger charge is 2.03. The van der Waals surface area contributed by atoms with Crippen molar-refractivity contribution in [3.8, 4) is 0 Å². The minimum Gasteiger partial charge on any atom is -0.358 e. The first-order valence-electron chi connectivity index (χ1n) is 5.92. The van der Waals surface area contributed by atoms with Gasteiger partial charge in [0.25, 0.3) is 0 Å². The predicted octanol–water partition coefficient (Wildman–Crippen LogP) is 0.721. The summed E-state index contributed by atoms with van der Waals surface area (Å²) in [4.78, 5) is 17.8. The van der Waals surface area contributed by atoms with Crippen LogP contribution in [0.25, 0.3) is 0 Å². The molecule has 0 aliphatic rings. The van der Waals surface area contributed by atoms with Crippen molar-refractivity contribution in [1.29, 1.82) is 0 Å². The van der Waals surface area contributed by atoms with Gasteiger partial charge in [-0.05, 0) is 18.6 Å². The molecule has 0 bridgehead atoms. The van der Waals surface area contributed by atoms with Gasteiger partial charge in [0.1, 0.15) is 0 Å². The number of carbonyl (C=O) groups excluding carboxylic acids is 1. The minimum absolute atomic E-state index is 0.0673. The number of thiophene rings is 1. The molecule has 0 spiro atoms. The minimum atomic E-state index is -0.0673. The van der Waals surface area contributed by atoms with E-state index < -0.39 is 0 Å². The van der Waals surface area contributed by atoms with Crippen LogP contribution in [0, 0.1) is 0 Å². The van der Waals surface area contributed by atoms with E-state index in [2.05, 4.69) is 40.0 Å². The number of carbonyl (C=O) groups is 1. The number of aliphatic imine (C=N–C) groups is 1. The van der Waals surface area contributed by atoms with E-state index in [0.29, 0.717) is 5.96 Å². The summed E-state index contributed by atoms with van der Waals surface area (Å²) in [5.74, 6) is 0.562. The van der Waals surface area contributed by atoms with Gasteiger partial charge in [0.05, 0.1) is 13.1 Å². The molecule has 0 fully saturated rings. The van der Waals surface area contributed by atoms with E-state index >= 15 is 0 Å². The first kappa shape index (κ1) is 14.5. The third-order valence-corrected chi connectivity index (χ3v) is 3.64. The maximum atomic E-state index is 11.1. The van der Waals surface area contributed by atoms with Gasteiger partial charge in [-0.15, -0.1) is 11.3 Å². The molecule has 1 heterocycles. The molecular weight excluding hydrogens is 248 g/mol. The van der Waals surface area contributed by atoms with Crippen LogP contribution in [0.2, 0.25) is 0 Å². The van der Waals surface area contributed by atoms with Gasteiger partial charge in [0.2, 0.25) is 5.91 Å². The summed E-state index contributed by atoms with van der Waals surface area (Å²) in [6.07, 6.45) is 1.06. The van der Waals surface area contributed by atoms with Crippen LogP contribution < -0.4 is 16.0 Å². The van der Waals surface area contributed by atoms with Gasteiger partial charge in [0.15, 0.2) is 5.96 Å². The van der Waals surface area contributed by atoms with Crippen LogP contribution in [0.3, 0.4) is 0 Å². The SMILES string of the molecule is CCc1ccc(CNC(=NC)NCC(=O)NC)s1. The van der Waals surface area contributed by atoms with Gasteiger partial charge in [-0.1, -0.05) is 6.92 Å². The molecule has 6 heteroatoms. The molecule has 100 valence electrons. The van der Waals surface area contributed by atoms with E-state index in [1.807, 2.05) is 0 Å². The van der Waals surface area contributed by atoms with Gasteiger partial charge >= 0.3 is 0 Å². The van der Waals surface area contributed by atoms with Gasteiger partial charge in [-0.2, -0.15) is 0 Å². The van der Waals surface area contributed by atoms with Gasteiger partial charge in [0, 0.05) is 23.8 Å². The fourth-order valence-electron chi connectivity index (χ4n) is 1.35. The van der Waals surface area contributed by atoms with Crippen LogP contribution in [0.1, 0.15) is 16.7 Å². The van der Waals surface area contributed by atoms with E-state index in [9.17, 15) is 4.79 Å². The Bertz CT molecular complexity index is 414. The lowest BCUT2D eigenvalue weighted by Crippen LogP contribution is -2.42. The smallest absolute Gasteiger partial charge is 0.239 e. The highest BCUT2D eigenvalue weighted by molar-refractivity contribution is 7.11. The molecule has 0 radical (unpaired) electrons. The van der Waals surface area contributed by atoms with E-state index in [4.69, 9.17) is 0 Å². The summed E-state index contributed by atoms with van der Waals surface area (Å²) in [6, 6.07) is 4.25. The molecule has 1 aromatic rings. The number of rotatable bonds is 5. The number of likely N-dealkylation sites (N-methyl/N-ethyl adjacent to an activating group) is 1. The summed E-state index contributed by atoms with van der Waals surface area (Å²) < 4.78 is 0. The van der Waals surface area contributed by atoms with Crippen molar-refractivity contribution >= 4 is 23.2 Å². The zero-order valence-corrected chi connectivity index (χ0v) is 11.9. The second-order valence-corrected chi connectivity index (χ2v) is 4.93. The van der Waals surface area contributed by atoms with E-state index in [1.165, 1.54) is 9.75 Å². The molecule has 0 saturated carbocycles. The fraction of sp³-hybridized carbons (Fsp3) is 0.500. The molecule has 0 aliphatic heterocycles. The van der Waals surface area contributed by atoms with E-state index in [1.54, 1.807) is 25.4 Å². The second-order valence-electron chi connectivity index (χ2n) is 3.67. The zero-order chi connectivity index (χ0) is 13.4. The molecule has 3 N–H and O–H groups in total. The van der Waals surface area contributed by atoms with Crippen molar-refractivity contribution in [2.45, 2.75) is 19.9 Å². The normalized spacial score (nSPS) is 11.2. The average molecular weight is 268 g/mol. The van der Waals surface area contributed by atoms with Crippen molar-refractivity contribution in [3.63, 3.8) is 0 Å². The molecule has 0 unspecified atom stereocenters. The first-order valence-corrected chi connectivity index (χ1v) is 6.74. The molecule has 1 aromatic heterocycles. The molecule has 5 nitrogen and oxygen atoms in total. The quantitative estimate of drug-likeness (QED) is 0.544. The summed E-state index contributed by atoms with van der Waals surface area (Å²) in [6.45, 7) is 3.09. The number of hydrogen-bond acceptors (Lipinski definition) is 3. The zero-order valence-electron chi connectivity index (χ0n) is 11.0. The highest BCUT2D eigenvalue weighted by Crippen LogP contribution is 2.16. The van der Waals surface area contributed by atoms with Gasteiger partial charge in [-0.25, -0.2) is 0 Å². The Balaban J connectivity index is 2.37. The summed E-state index contributed by atoms with van der Waals surface area (Å²) in [5, 5.41) is 8.66. The number of nitrogens with one attached hydrogen (secondary N) is 3. The lowest BCUT2D eigenvalue weighted by atomic mass is 10.4. The molecule has 0 saturated heterocycles. The summed E-state index contributed by atoms with van der Waals surface area (Å²) >= 11 is 1.79. The van der Waals surface area contributed by atoms with Crippen molar-refractivity contribution in [3.05, 3.63) is 21.9 Å². The van der Waals surface area contributed by atoms with Gasteiger partial charge < -0.3 is 16.0 Å². The number of nitrogens with zero attached hydrogens (tertiary/aromatic N) is 1. The summed E-state index contributed by atoms with van der Waals surface area (Å²) in [7, 11) is 3.29. The fourth-order valence-corrected chi connectivity index (χ4v) is 2.25. The first-order chi connectivity index (χ1) is 8.69. The Kier molecular flexibility index (Phi) is 6.21.